The van der Waals surface area contributed by atoms with Gasteiger partial charge < -0.3 is 21.1 Å². The lowest BCUT2D eigenvalue weighted by atomic mass is 10.1. The third-order valence-electron chi connectivity index (χ3n) is 5.77. The summed E-state index contributed by atoms with van der Waals surface area (Å²) in [6, 6.07) is 5.91. The number of carbonyl (C=O) groups excluding carboxylic acids is 1. The molecule has 1 aromatic carbocycles. The quantitative estimate of drug-likeness (QED) is 0.538. The predicted octanol–water partition coefficient (Wildman–Crippen LogP) is 1.70. The summed E-state index contributed by atoms with van der Waals surface area (Å²) in [5.41, 5.74) is 10.2. The van der Waals surface area contributed by atoms with E-state index in [-0.39, 0.29) is 11.9 Å². The zero-order valence-electron chi connectivity index (χ0n) is 18.5. The number of nitrogens with one attached hydrogen (secondary N) is 1. The van der Waals surface area contributed by atoms with Crippen LogP contribution in [0, 0.1) is 18.8 Å². The van der Waals surface area contributed by atoms with Gasteiger partial charge in [0.05, 0.1) is 11.4 Å². The summed E-state index contributed by atoms with van der Waals surface area (Å²) in [7, 11) is 1.87. The minimum atomic E-state index is -1.03. The molecule has 1 aliphatic heterocycles. The molecule has 0 saturated carbocycles. The van der Waals surface area contributed by atoms with Crippen LogP contribution in [-0.4, -0.2) is 61.9 Å². The number of amides is 1. The van der Waals surface area contributed by atoms with Crippen LogP contribution in [0.5, 0.6) is 0 Å². The van der Waals surface area contributed by atoms with Gasteiger partial charge in [-0.05, 0) is 50.3 Å². The molecule has 2 atom stereocenters. The number of rotatable bonds is 3. The van der Waals surface area contributed by atoms with Crippen molar-refractivity contribution in [1.82, 2.24) is 24.6 Å². The van der Waals surface area contributed by atoms with Gasteiger partial charge in [0.2, 0.25) is 0 Å². The van der Waals surface area contributed by atoms with Crippen molar-refractivity contribution in [3.8, 4) is 11.8 Å². The molecule has 32 heavy (non-hydrogen) atoms. The number of hydrogen-bond acceptors (Lipinski definition) is 7. The molecule has 3 heterocycles. The van der Waals surface area contributed by atoms with Gasteiger partial charge in [-0.25, -0.2) is 14.6 Å². The molecular formula is C23H27N7O2. The zero-order chi connectivity index (χ0) is 22.8. The number of nitrogen functional groups attached to an aromatic ring is 1. The van der Waals surface area contributed by atoms with Crippen LogP contribution in [0.25, 0.3) is 11.0 Å². The molecular weight excluding hydrogens is 406 g/mol. The highest BCUT2D eigenvalue weighted by Gasteiger charge is 2.29. The number of aromatic nitrogens is 4. The molecule has 0 aliphatic carbocycles. The lowest BCUT2D eigenvalue weighted by molar-refractivity contribution is -0.141. The molecule has 1 aliphatic rings. The van der Waals surface area contributed by atoms with Crippen molar-refractivity contribution in [2.45, 2.75) is 38.8 Å². The molecule has 1 fully saturated rings. The first-order valence-electron chi connectivity index (χ1n) is 10.6. The van der Waals surface area contributed by atoms with Crippen molar-refractivity contribution in [2.24, 2.45) is 0 Å². The van der Waals surface area contributed by atoms with Gasteiger partial charge in [0.25, 0.3) is 5.91 Å². The number of anilines is 2. The van der Waals surface area contributed by atoms with Gasteiger partial charge in [-0.2, -0.15) is 5.10 Å². The second-order valence-corrected chi connectivity index (χ2v) is 8.04. The molecule has 1 amide bonds. The van der Waals surface area contributed by atoms with Gasteiger partial charge >= 0.3 is 0 Å². The second-order valence-electron chi connectivity index (χ2n) is 8.04. The van der Waals surface area contributed by atoms with Crippen molar-refractivity contribution < 1.29 is 9.90 Å². The van der Waals surface area contributed by atoms with E-state index < -0.39 is 6.10 Å². The largest absolute Gasteiger partial charge is 0.388 e. The molecule has 4 N–H and O–H groups in total. The lowest BCUT2D eigenvalue weighted by Gasteiger charge is -2.33. The standard InChI is InChI=1S/C23H27N7O2/c1-14-6-8-17(25-3)11-16(14)7-9-19-20-21(24)26-13-27-22(20)30(28-19)18-5-4-10-29(12-18)23(32)15(2)31/h6,8,11,13,15,18,25,31H,4-5,10,12H2,1-3H3,(H2,24,26,27)/t15-,18-/m1/s1. The number of carbonyl (C=O) groups is 1. The van der Waals surface area contributed by atoms with Gasteiger partial charge in [0, 0.05) is 31.4 Å². The number of aryl methyl sites for hydroxylation is 1. The molecule has 2 aromatic heterocycles. The van der Waals surface area contributed by atoms with Crippen molar-refractivity contribution >= 4 is 28.4 Å². The van der Waals surface area contributed by atoms with Gasteiger partial charge in [-0.1, -0.05) is 12.0 Å². The smallest absolute Gasteiger partial charge is 0.251 e. The van der Waals surface area contributed by atoms with Crippen LogP contribution < -0.4 is 11.1 Å². The van der Waals surface area contributed by atoms with Crippen molar-refractivity contribution in [3.63, 3.8) is 0 Å². The third-order valence-corrected chi connectivity index (χ3v) is 5.77. The second kappa shape index (κ2) is 8.85. The number of benzene rings is 1. The number of aliphatic hydroxyl groups is 1. The fraction of sp³-hybridized carbons (Fsp3) is 0.391. The Hall–Kier alpha value is -3.64. The van der Waals surface area contributed by atoms with E-state index in [2.05, 4.69) is 27.1 Å². The van der Waals surface area contributed by atoms with Crippen molar-refractivity contribution in [1.29, 1.82) is 0 Å². The van der Waals surface area contributed by atoms with Crippen molar-refractivity contribution in [3.05, 3.63) is 41.3 Å². The summed E-state index contributed by atoms with van der Waals surface area (Å²) >= 11 is 0. The Morgan fingerprint density at radius 1 is 1.34 bits per heavy atom. The Morgan fingerprint density at radius 3 is 2.91 bits per heavy atom. The predicted molar refractivity (Wildman–Crippen MR) is 123 cm³/mol. The molecule has 166 valence electrons. The van der Waals surface area contributed by atoms with E-state index in [0.29, 0.717) is 35.6 Å². The van der Waals surface area contributed by atoms with Crippen LogP contribution in [0.1, 0.15) is 42.6 Å². The summed E-state index contributed by atoms with van der Waals surface area (Å²) < 4.78 is 1.80. The normalized spacial score (nSPS) is 17.0. The summed E-state index contributed by atoms with van der Waals surface area (Å²) in [6.07, 6.45) is 2.02. The number of likely N-dealkylation sites (tertiary alicyclic amines) is 1. The van der Waals surface area contributed by atoms with E-state index >= 15 is 0 Å². The summed E-state index contributed by atoms with van der Waals surface area (Å²) in [5, 5.41) is 18.2. The maximum Gasteiger partial charge on any atom is 0.251 e. The highest BCUT2D eigenvalue weighted by molar-refractivity contribution is 5.90. The molecule has 0 radical (unpaired) electrons. The lowest BCUT2D eigenvalue weighted by Crippen LogP contribution is -2.44. The molecule has 0 bridgehead atoms. The number of nitrogens with zero attached hydrogens (tertiary/aromatic N) is 5. The molecule has 1 saturated heterocycles. The van der Waals surface area contributed by atoms with Gasteiger partial charge in [0.15, 0.2) is 5.65 Å². The van der Waals surface area contributed by atoms with Gasteiger partial charge in [-0.15, -0.1) is 0 Å². The van der Waals surface area contributed by atoms with Crippen LogP contribution in [-0.2, 0) is 4.79 Å². The maximum absolute atomic E-state index is 12.3. The summed E-state index contributed by atoms with van der Waals surface area (Å²) in [6.45, 7) is 4.56. The van der Waals surface area contributed by atoms with E-state index in [1.54, 1.807) is 9.58 Å². The molecule has 3 aromatic rings. The van der Waals surface area contributed by atoms with E-state index in [0.717, 1.165) is 29.7 Å². The third kappa shape index (κ3) is 4.09. The highest BCUT2D eigenvalue weighted by Crippen LogP contribution is 2.28. The fourth-order valence-electron chi connectivity index (χ4n) is 3.99. The Bertz CT molecular complexity index is 1220. The zero-order valence-corrected chi connectivity index (χ0v) is 18.5. The first kappa shape index (κ1) is 21.6. The first-order valence-corrected chi connectivity index (χ1v) is 10.6. The Balaban J connectivity index is 1.75. The topological polar surface area (TPSA) is 122 Å². The molecule has 9 heteroatoms. The van der Waals surface area contributed by atoms with E-state index in [1.807, 2.05) is 32.2 Å². The minimum Gasteiger partial charge on any atom is -0.388 e. The van der Waals surface area contributed by atoms with Gasteiger partial charge in [0.1, 0.15) is 23.9 Å². The number of nitrogens with two attached hydrogens (primary N) is 1. The molecule has 0 unspecified atom stereocenters. The minimum absolute atomic E-state index is 0.0897. The average Bonchev–Trinajstić information content (AvgIpc) is 3.18. The van der Waals surface area contributed by atoms with Gasteiger partial charge in [-0.3, -0.25) is 4.79 Å². The number of piperidine rings is 1. The summed E-state index contributed by atoms with van der Waals surface area (Å²) in [4.78, 5) is 22.5. The van der Waals surface area contributed by atoms with Crippen LogP contribution >= 0.6 is 0 Å². The molecule has 9 nitrogen and oxygen atoms in total. The fourth-order valence-corrected chi connectivity index (χ4v) is 3.99. The van der Waals surface area contributed by atoms with Crippen LogP contribution in [0.15, 0.2) is 24.5 Å². The highest BCUT2D eigenvalue weighted by atomic mass is 16.3. The van der Waals surface area contributed by atoms with Crippen LogP contribution in [0.4, 0.5) is 11.5 Å². The first-order chi connectivity index (χ1) is 15.4. The van der Waals surface area contributed by atoms with Crippen LogP contribution in [0.2, 0.25) is 0 Å². The van der Waals surface area contributed by atoms with E-state index in [4.69, 9.17) is 10.8 Å². The van der Waals surface area contributed by atoms with Crippen molar-refractivity contribution in [2.75, 3.05) is 31.2 Å². The monoisotopic (exact) mass is 433 g/mol. The Morgan fingerprint density at radius 2 is 2.16 bits per heavy atom. The van der Waals surface area contributed by atoms with E-state index in [1.165, 1.54) is 13.3 Å². The number of fused-ring (bicyclic) bond motifs is 1. The Labute approximate surface area is 186 Å². The molecule has 4 rings (SSSR count). The number of hydrogen-bond donors (Lipinski definition) is 3. The van der Waals surface area contributed by atoms with Crippen LogP contribution in [0.3, 0.4) is 0 Å². The average molecular weight is 434 g/mol. The summed E-state index contributed by atoms with van der Waals surface area (Å²) in [5.74, 6) is 6.41. The SMILES string of the molecule is CNc1ccc(C)c(C#Cc2nn([C@@H]3CCCN(C(=O)[C@@H](C)O)C3)c3ncnc(N)c23)c1. The Kier molecular flexibility index (Phi) is 5.97. The number of aliphatic hydroxyl groups excluding tert-OH is 1. The van der Waals surface area contributed by atoms with E-state index in [9.17, 15) is 9.90 Å². The molecule has 0 spiro atoms. The maximum atomic E-state index is 12.3.